The number of non-ortho nitro benzene ring substituents is 1. The molecule has 1 N–H and O–H groups in total. The number of hydrogen-bond donors (Lipinski definition) is 1. The summed E-state index contributed by atoms with van der Waals surface area (Å²) in [6.07, 6.45) is 4.75. The Morgan fingerprint density at radius 3 is 2.70 bits per heavy atom. The van der Waals surface area contributed by atoms with Crippen LogP contribution in [0.15, 0.2) is 48.9 Å². The van der Waals surface area contributed by atoms with Gasteiger partial charge in [-0.25, -0.2) is 0 Å². The lowest BCUT2D eigenvalue weighted by Crippen LogP contribution is -1.93. The van der Waals surface area contributed by atoms with E-state index in [4.69, 9.17) is 0 Å². The predicted molar refractivity (Wildman–Crippen MR) is 73.3 cm³/mol. The van der Waals surface area contributed by atoms with Gasteiger partial charge in [-0.15, -0.1) is 0 Å². The first-order chi connectivity index (χ1) is 9.68. The van der Waals surface area contributed by atoms with Crippen LogP contribution in [-0.2, 0) is 0 Å². The third-order valence-corrected chi connectivity index (χ3v) is 3.02. The second kappa shape index (κ2) is 4.58. The molecule has 3 aromatic rings. The maximum atomic E-state index is 11.2. The number of aromatic hydroxyl groups is 1. The minimum atomic E-state index is -0.483. The Hall–Kier alpha value is -3.02. The molecule has 20 heavy (non-hydrogen) atoms. The van der Waals surface area contributed by atoms with E-state index in [1.54, 1.807) is 30.6 Å². The number of nitrogens with zero attached hydrogens (tertiary/aromatic N) is 3. The number of aromatic nitrogens is 2. The zero-order chi connectivity index (χ0) is 14.1. The van der Waals surface area contributed by atoms with Crippen LogP contribution in [0.1, 0.15) is 0 Å². The molecule has 2 heterocycles. The van der Waals surface area contributed by atoms with Crippen molar-refractivity contribution in [3.63, 3.8) is 0 Å². The third kappa shape index (κ3) is 1.83. The molecular formula is C14H9N3O3. The molecule has 0 amide bonds. The van der Waals surface area contributed by atoms with Crippen LogP contribution in [0.5, 0.6) is 5.75 Å². The number of fused-ring (bicyclic) bond motifs is 1. The lowest BCUT2D eigenvalue weighted by molar-refractivity contribution is -0.383. The summed E-state index contributed by atoms with van der Waals surface area (Å²) >= 11 is 0. The first-order valence-electron chi connectivity index (χ1n) is 5.84. The van der Waals surface area contributed by atoms with Crippen LogP contribution in [-0.4, -0.2) is 20.0 Å². The number of hydrogen-bond acceptors (Lipinski definition) is 5. The van der Waals surface area contributed by atoms with Crippen LogP contribution in [0, 0.1) is 10.1 Å². The Bertz CT molecular complexity index is 803. The van der Waals surface area contributed by atoms with Crippen molar-refractivity contribution in [2.45, 2.75) is 0 Å². The maximum absolute atomic E-state index is 11.2. The van der Waals surface area contributed by atoms with Gasteiger partial charge in [0.05, 0.1) is 10.3 Å². The molecule has 0 radical (unpaired) electrons. The Kier molecular flexibility index (Phi) is 2.76. The molecule has 0 bridgehead atoms. The van der Waals surface area contributed by atoms with Gasteiger partial charge in [-0.3, -0.25) is 20.1 Å². The highest BCUT2D eigenvalue weighted by molar-refractivity contribution is 6.03. The van der Waals surface area contributed by atoms with Gasteiger partial charge in [0.15, 0.2) is 0 Å². The van der Waals surface area contributed by atoms with Crippen molar-refractivity contribution in [1.82, 2.24) is 9.97 Å². The van der Waals surface area contributed by atoms with E-state index in [1.165, 1.54) is 18.3 Å². The Balaban J connectivity index is 2.44. The number of phenolic OH excluding ortho intramolecular Hbond substituents is 1. The Morgan fingerprint density at radius 1 is 1.15 bits per heavy atom. The Labute approximate surface area is 113 Å². The van der Waals surface area contributed by atoms with Gasteiger partial charge in [0.25, 0.3) is 5.69 Å². The number of nitro groups is 1. The van der Waals surface area contributed by atoms with Crippen LogP contribution in [0.2, 0.25) is 0 Å². The Morgan fingerprint density at radius 2 is 2.00 bits per heavy atom. The standard InChI is InChI=1S/C14H9N3O3/c18-12-4-3-11(17(19)20)13-10(5-7-16-14(12)13)9-2-1-6-15-8-9/h1-8,18H. The molecule has 0 saturated carbocycles. The molecule has 0 aliphatic rings. The van der Waals surface area contributed by atoms with Crippen molar-refractivity contribution in [2.75, 3.05) is 0 Å². The van der Waals surface area contributed by atoms with Crippen molar-refractivity contribution in [3.8, 4) is 16.9 Å². The van der Waals surface area contributed by atoms with E-state index >= 15 is 0 Å². The molecule has 0 saturated heterocycles. The van der Waals surface area contributed by atoms with Crippen molar-refractivity contribution < 1.29 is 10.0 Å². The minimum absolute atomic E-state index is 0.0867. The van der Waals surface area contributed by atoms with Gasteiger partial charge in [0, 0.05) is 35.8 Å². The third-order valence-electron chi connectivity index (χ3n) is 3.02. The van der Waals surface area contributed by atoms with Crippen molar-refractivity contribution in [1.29, 1.82) is 0 Å². The molecular weight excluding hydrogens is 258 g/mol. The number of benzene rings is 1. The molecule has 3 rings (SSSR count). The molecule has 0 fully saturated rings. The van der Waals surface area contributed by atoms with Crippen LogP contribution in [0.4, 0.5) is 5.69 Å². The zero-order valence-corrected chi connectivity index (χ0v) is 10.2. The molecule has 1 aromatic carbocycles. The predicted octanol–water partition coefficient (Wildman–Crippen LogP) is 2.91. The lowest BCUT2D eigenvalue weighted by atomic mass is 10.0. The fraction of sp³-hybridized carbons (Fsp3) is 0. The summed E-state index contributed by atoms with van der Waals surface area (Å²) in [4.78, 5) is 18.8. The zero-order valence-electron chi connectivity index (χ0n) is 10.2. The van der Waals surface area contributed by atoms with E-state index in [-0.39, 0.29) is 17.0 Å². The summed E-state index contributed by atoms with van der Waals surface area (Å²) in [7, 11) is 0. The van der Waals surface area contributed by atoms with Gasteiger partial charge in [-0.2, -0.15) is 0 Å². The summed E-state index contributed by atoms with van der Waals surface area (Å²) in [6, 6.07) is 7.78. The molecule has 0 atom stereocenters. The highest BCUT2D eigenvalue weighted by atomic mass is 16.6. The first kappa shape index (κ1) is 12.0. The summed E-state index contributed by atoms with van der Waals surface area (Å²) in [6.45, 7) is 0. The van der Waals surface area contributed by atoms with Gasteiger partial charge in [-0.1, -0.05) is 6.07 Å². The highest BCUT2D eigenvalue weighted by Crippen LogP contribution is 2.37. The van der Waals surface area contributed by atoms with E-state index in [2.05, 4.69) is 9.97 Å². The SMILES string of the molecule is O=[N+]([O-])c1ccc(O)c2nccc(-c3cccnc3)c12. The van der Waals surface area contributed by atoms with Crippen LogP contribution < -0.4 is 0 Å². The van der Waals surface area contributed by atoms with Crippen LogP contribution in [0.25, 0.3) is 22.0 Å². The number of phenols is 1. The van der Waals surface area contributed by atoms with E-state index < -0.39 is 4.92 Å². The van der Waals surface area contributed by atoms with Crippen molar-refractivity contribution in [2.24, 2.45) is 0 Å². The normalized spacial score (nSPS) is 10.6. The number of nitro benzene ring substituents is 1. The summed E-state index contributed by atoms with van der Waals surface area (Å²) in [5.74, 6) is -0.0867. The van der Waals surface area contributed by atoms with Crippen molar-refractivity contribution >= 4 is 16.6 Å². The fourth-order valence-electron chi connectivity index (χ4n) is 2.15. The fourth-order valence-corrected chi connectivity index (χ4v) is 2.15. The average molecular weight is 267 g/mol. The summed E-state index contributed by atoms with van der Waals surface area (Å²) < 4.78 is 0. The molecule has 0 aliphatic carbocycles. The second-order valence-corrected chi connectivity index (χ2v) is 4.18. The van der Waals surface area contributed by atoms with Gasteiger partial charge >= 0.3 is 0 Å². The molecule has 0 spiro atoms. The van der Waals surface area contributed by atoms with E-state index in [9.17, 15) is 15.2 Å². The smallest absolute Gasteiger partial charge is 0.279 e. The van der Waals surface area contributed by atoms with E-state index in [0.717, 1.165) is 5.56 Å². The van der Waals surface area contributed by atoms with Crippen LogP contribution in [0.3, 0.4) is 0 Å². The molecule has 2 aromatic heterocycles. The monoisotopic (exact) mass is 267 g/mol. The largest absolute Gasteiger partial charge is 0.506 e. The van der Waals surface area contributed by atoms with Gasteiger partial charge in [0.2, 0.25) is 0 Å². The lowest BCUT2D eigenvalue weighted by Gasteiger charge is -2.07. The number of rotatable bonds is 2. The summed E-state index contributed by atoms with van der Waals surface area (Å²) in [5.41, 5.74) is 1.46. The topological polar surface area (TPSA) is 89.2 Å². The molecule has 0 unspecified atom stereocenters. The van der Waals surface area contributed by atoms with Gasteiger partial charge in [-0.05, 0) is 18.2 Å². The van der Waals surface area contributed by atoms with E-state index in [1.807, 2.05) is 0 Å². The average Bonchev–Trinajstić information content (AvgIpc) is 2.48. The van der Waals surface area contributed by atoms with E-state index in [0.29, 0.717) is 10.9 Å². The highest BCUT2D eigenvalue weighted by Gasteiger charge is 2.19. The van der Waals surface area contributed by atoms with Gasteiger partial charge < -0.3 is 5.11 Å². The molecule has 0 aliphatic heterocycles. The molecule has 6 nitrogen and oxygen atoms in total. The molecule has 98 valence electrons. The minimum Gasteiger partial charge on any atom is -0.506 e. The summed E-state index contributed by atoms with van der Waals surface area (Å²) in [5, 5.41) is 21.3. The first-order valence-corrected chi connectivity index (χ1v) is 5.84. The molecule has 6 heteroatoms. The van der Waals surface area contributed by atoms with Gasteiger partial charge in [0.1, 0.15) is 11.3 Å². The number of pyridine rings is 2. The van der Waals surface area contributed by atoms with Crippen molar-refractivity contribution in [3.05, 3.63) is 59.0 Å². The maximum Gasteiger partial charge on any atom is 0.279 e. The second-order valence-electron chi connectivity index (χ2n) is 4.18. The quantitative estimate of drug-likeness (QED) is 0.569. The van der Waals surface area contributed by atoms with Crippen LogP contribution >= 0.6 is 0 Å².